The van der Waals surface area contributed by atoms with Gasteiger partial charge in [0.1, 0.15) is 0 Å². The molecule has 0 spiro atoms. The Balaban J connectivity index is 2.56. The van der Waals surface area contributed by atoms with Crippen molar-refractivity contribution in [2.75, 3.05) is 0 Å². The third-order valence-electron chi connectivity index (χ3n) is 2.64. The number of nitriles is 1. The molecule has 1 amide bonds. The van der Waals surface area contributed by atoms with Crippen LogP contribution in [0.25, 0.3) is 0 Å². The van der Waals surface area contributed by atoms with E-state index in [0.29, 0.717) is 0 Å². The SMILES string of the molecule is CC(NC(=O)O)C1(C#N)CCC1. The van der Waals surface area contributed by atoms with Crippen LogP contribution in [0, 0.1) is 16.7 Å². The van der Waals surface area contributed by atoms with Gasteiger partial charge in [0.05, 0.1) is 11.5 Å². The summed E-state index contributed by atoms with van der Waals surface area (Å²) in [5, 5.41) is 19.6. The van der Waals surface area contributed by atoms with Gasteiger partial charge in [-0.2, -0.15) is 5.26 Å². The van der Waals surface area contributed by atoms with Crippen molar-refractivity contribution >= 4 is 6.09 Å². The van der Waals surface area contributed by atoms with Gasteiger partial charge in [0.2, 0.25) is 0 Å². The van der Waals surface area contributed by atoms with Crippen LogP contribution < -0.4 is 5.32 Å². The molecule has 0 radical (unpaired) electrons. The zero-order valence-electron chi connectivity index (χ0n) is 7.00. The zero-order chi connectivity index (χ0) is 9.19. The maximum absolute atomic E-state index is 10.3. The first-order valence-corrected chi connectivity index (χ1v) is 4.01. The molecule has 1 saturated carbocycles. The van der Waals surface area contributed by atoms with E-state index in [0.717, 1.165) is 19.3 Å². The van der Waals surface area contributed by atoms with Gasteiger partial charge in [-0.25, -0.2) is 4.79 Å². The number of carboxylic acid groups (broad SMARTS) is 1. The lowest BCUT2D eigenvalue weighted by atomic mass is 9.65. The summed E-state index contributed by atoms with van der Waals surface area (Å²) in [6.45, 7) is 1.75. The lowest BCUT2D eigenvalue weighted by Crippen LogP contribution is -2.48. The number of rotatable bonds is 2. The van der Waals surface area contributed by atoms with E-state index in [-0.39, 0.29) is 6.04 Å². The fraction of sp³-hybridized carbons (Fsp3) is 0.750. The van der Waals surface area contributed by atoms with Gasteiger partial charge in [0, 0.05) is 6.04 Å². The highest BCUT2D eigenvalue weighted by Crippen LogP contribution is 2.43. The van der Waals surface area contributed by atoms with E-state index >= 15 is 0 Å². The van der Waals surface area contributed by atoms with E-state index in [1.807, 2.05) is 0 Å². The minimum absolute atomic E-state index is 0.256. The molecule has 0 heterocycles. The quantitative estimate of drug-likeness (QED) is 0.653. The van der Waals surface area contributed by atoms with Crippen LogP contribution in [0.4, 0.5) is 4.79 Å². The minimum atomic E-state index is -1.05. The van der Waals surface area contributed by atoms with Crippen molar-refractivity contribution in [1.29, 1.82) is 5.26 Å². The largest absolute Gasteiger partial charge is 0.465 e. The van der Waals surface area contributed by atoms with Gasteiger partial charge in [-0.1, -0.05) is 6.42 Å². The first kappa shape index (κ1) is 8.85. The van der Waals surface area contributed by atoms with Crippen molar-refractivity contribution in [1.82, 2.24) is 5.32 Å². The van der Waals surface area contributed by atoms with Gasteiger partial charge in [-0.3, -0.25) is 0 Å². The number of hydrogen-bond donors (Lipinski definition) is 2. The zero-order valence-corrected chi connectivity index (χ0v) is 7.00. The number of nitrogens with zero attached hydrogens (tertiary/aromatic N) is 1. The van der Waals surface area contributed by atoms with E-state index in [4.69, 9.17) is 10.4 Å². The number of amides is 1. The maximum Gasteiger partial charge on any atom is 0.404 e. The number of hydrogen-bond acceptors (Lipinski definition) is 2. The Labute approximate surface area is 71.2 Å². The molecule has 0 bridgehead atoms. The Morgan fingerprint density at radius 2 is 2.33 bits per heavy atom. The molecule has 2 N–H and O–H groups in total. The second-order valence-corrected chi connectivity index (χ2v) is 3.29. The molecule has 12 heavy (non-hydrogen) atoms. The van der Waals surface area contributed by atoms with Crippen LogP contribution in [0.5, 0.6) is 0 Å². The molecule has 0 aliphatic heterocycles. The predicted molar refractivity (Wildman–Crippen MR) is 42.5 cm³/mol. The van der Waals surface area contributed by atoms with E-state index < -0.39 is 11.5 Å². The normalized spacial score (nSPS) is 21.7. The molecule has 0 saturated heterocycles. The van der Waals surface area contributed by atoms with Crippen molar-refractivity contribution in [3.63, 3.8) is 0 Å². The van der Waals surface area contributed by atoms with Crippen LogP contribution >= 0.6 is 0 Å². The molecule has 1 atom stereocenters. The molecule has 66 valence electrons. The predicted octanol–water partition coefficient (Wildman–Crippen LogP) is 1.34. The second-order valence-electron chi connectivity index (χ2n) is 3.29. The monoisotopic (exact) mass is 168 g/mol. The van der Waals surface area contributed by atoms with Crippen LogP contribution in [0.15, 0.2) is 0 Å². The fourth-order valence-corrected chi connectivity index (χ4v) is 1.52. The molecule has 0 aromatic carbocycles. The Bertz CT molecular complexity index is 228. The molecule has 0 aromatic rings. The van der Waals surface area contributed by atoms with Gasteiger partial charge in [-0.05, 0) is 19.8 Å². The molecule has 1 fully saturated rings. The summed E-state index contributed by atoms with van der Waals surface area (Å²) in [4.78, 5) is 10.3. The summed E-state index contributed by atoms with van der Waals surface area (Å²) >= 11 is 0. The number of nitrogens with one attached hydrogen (secondary N) is 1. The Morgan fingerprint density at radius 1 is 1.75 bits per heavy atom. The molecular weight excluding hydrogens is 156 g/mol. The first-order valence-electron chi connectivity index (χ1n) is 4.01. The Kier molecular flexibility index (Phi) is 2.22. The lowest BCUT2D eigenvalue weighted by molar-refractivity contribution is 0.137. The highest BCUT2D eigenvalue weighted by molar-refractivity contribution is 5.65. The summed E-state index contributed by atoms with van der Waals surface area (Å²) in [6, 6.07) is 1.94. The van der Waals surface area contributed by atoms with Gasteiger partial charge in [0.25, 0.3) is 0 Å². The summed E-state index contributed by atoms with van der Waals surface area (Å²) in [5.74, 6) is 0. The summed E-state index contributed by atoms with van der Waals surface area (Å²) in [6.07, 6.45) is 1.60. The van der Waals surface area contributed by atoms with Crippen LogP contribution in [0.1, 0.15) is 26.2 Å². The topological polar surface area (TPSA) is 73.1 Å². The molecule has 1 unspecified atom stereocenters. The molecule has 1 aliphatic rings. The van der Waals surface area contributed by atoms with Crippen molar-refractivity contribution in [2.45, 2.75) is 32.2 Å². The van der Waals surface area contributed by atoms with Crippen LogP contribution in [-0.2, 0) is 0 Å². The maximum atomic E-state index is 10.3. The summed E-state index contributed by atoms with van der Waals surface area (Å²) < 4.78 is 0. The first-order chi connectivity index (χ1) is 5.60. The fourth-order valence-electron chi connectivity index (χ4n) is 1.52. The van der Waals surface area contributed by atoms with Crippen molar-refractivity contribution in [3.05, 3.63) is 0 Å². The molecule has 1 aliphatic carbocycles. The smallest absolute Gasteiger partial charge is 0.404 e. The van der Waals surface area contributed by atoms with Gasteiger partial charge >= 0.3 is 6.09 Å². The number of carbonyl (C=O) groups is 1. The average molecular weight is 168 g/mol. The van der Waals surface area contributed by atoms with Crippen LogP contribution in [0.3, 0.4) is 0 Å². The molecule has 1 rings (SSSR count). The van der Waals surface area contributed by atoms with Crippen molar-refractivity contribution in [3.8, 4) is 6.07 Å². The van der Waals surface area contributed by atoms with Crippen molar-refractivity contribution in [2.24, 2.45) is 5.41 Å². The average Bonchev–Trinajstić information content (AvgIpc) is 1.83. The van der Waals surface area contributed by atoms with Gasteiger partial charge < -0.3 is 10.4 Å². The third-order valence-corrected chi connectivity index (χ3v) is 2.64. The van der Waals surface area contributed by atoms with Gasteiger partial charge in [-0.15, -0.1) is 0 Å². The highest BCUT2D eigenvalue weighted by atomic mass is 16.4. The molecular formula is C8H12N2O2. The molecule has 4 nitrogen and oxygen atoms in total. The second kappa shape index (κ2) is 3.02. The lowest BCUT2D eigenvalue weighted by Gasteiger charge is -2.39. The van der Waals surface area contributed by atoms with E-state index in [1.54, 1.807) is 6.92 Å². The summed E-state index contributed by atoms with van der Waals surface area (Å²) in [5.41, 5.74) is -0.432. The highest BCUT2D eigenvalue weighted by Gasteiger charge is 2.42. The van der Waals surface area contributed by atoms with E-state index in [2.05, 4.69) is 11.4 Å². The standard InChI is InChI=1S/C8H12N2O2/c1-6(10-7(11)12)8(5-9)3-2-4-8/h6,10H,2-4H2,1H3,(H,11,12). The van der Waals surface area contributed by atoms with Crippen LogP contribution in [0.2, 0.25) is 0 Å². The summed E-state index contributed by atoms with van der Waals surface area (Å²) in [7, 11) is 0. The Hall–Kier alpha value is -1.24. The van der Waals surface area contributed by atoms with Crippen LogP contribution in [-0.4, -0.2) is 17.2 Å². The van der Waals surface area contributed by atoms with Crippen molar-refractivity contribution < 1.29 is 9.90 Å². The van der Waals surface area contributed by atoms with E-state index in [1.165, 1.54) is 0 Å². The molecule has 0 aromatic heterocycles. The third kappa shape index (κ3) is 1.35. The minimum Gasteiger partial charge on any atom is -0.465 e. The Morgan fingerprint density at radius 3 is 2.58 bits per heavy atom. The molecule has 4 heteroatoms. The van der Waals surface area contributed by atoms with Gasteiger partial charge in [0.15, 0.2) is 0 Å². The van der Waals surface area contributed by atoms with E-state index in [9.17, 15) is 4.79 Å².